The standard InChI is InChI=1S/C84H89FN4O/c1-79(2,3)58-38-39-86-76(49-58)89-72-29-23-22-28-66(72)67-37-36-64(51-75(67)89)90-65-43-57(77-70(83(13,14)15)47-61(82(10,11)12)48-71(77)84(16,17)18)42-63(50-65)87-52-88(74-31-25-24-30-73(74)87)78-68(54-32-34-62(85)35-33-54)44-55(53-26-20-19-21-27-53)45-69(78)56-40-59(80(4,5)6)46-60(41-56)81(7,8)9/h19-51H,52H2,1-18H3. The molecule has 0 saturated heterocycles. The van der Waals surface area contributed by atoms with E-state index in [9.17, 15) is 0 Å². The van der Waals surface area contributed by atoms with Gasteiger partial charge in [0.1, 0.15) is 29.8 Å². The highest BCUT2D eigenvalue weighted by molar-refractivity contribution is 6.09. The highest BCUT2D eigenvalue weighted by Gasteiger charge is 2.36. The van der Waals surface area contributed by atoms with Crippen molar-refractivity contribution < 1.29 is 9.13 Å². The molecule has 9 aromatic carbocycles. The number of benzene rings is 9. The summed E-state index contributed by atoms with van der Waals surface area (Å²) in [5, 5.41) is 2.28. The average Bonchev–Trinajstić information content (AvgIpc) is 1.39. The molecule has 0 atom stereocenters. The second-order valence-electron chi connectivity index (χ2n) is 31.3. The third kappa shape index (κ3) is 11.9. The Balaban J connectivity index is 1.11. The van der Waals surface area contributed by atoms with Gasteiger partial charge in [0.05, 0.1) is 28.1 Å². The van der Waals surface area contributed by atoms with E-state index in [1.54, 1.807) is 12.1 Å². The van der Waals surface area contributed by atoms with Crippen molar-refractivity contribution in [2.24, 2.45) is 0 Å². The van der Waals surface area contributed by atoms with E-state index in [2.05, 4.69) is 309 Å². The van der Waals surface area contributed by atoms with Gasteiger partial charge in [-0.2, -0.15) is 0 Å². The van der Waals surface area contributed by atoms with Crippen molar-refractivity contribution >= 4 is 44.6 Å². The summed E-state index contributed by atoms with van der Waals surface area (Å²) in [6.45, 7) is 42.1. The fraction of sp³-hybridized carbons (Fsp3) is 0.298. The Morgan fingerprint density at radius 2 is 0.922 bits per heavy atom. The number of halogens is 1. The molecule has 1 aliphatic rings. The molecule has 2 aromatic heterocycles. The van der Waals surface area contributed by atoms with Crippen molar-refractivity contribution in [3.05, 3.63) is 240 Å². The Morgan fingerprint density at radius 3 is 1.52 bits per heavy atom. The Morgan fingerprint density at radius 1 is 0.378 bits per heavy atom. The van der Waals surface area contributed by atoms with Crippen LogP contribution in [0.4, 0.5) is 27.1 Å². The minimum atomic E-state index is -0.273. The molecule has 1 aliphatic heterocycles. The van der Waals surface area contributed by atoms with E-state index in [-0.39, 0.29) is 38.3 Å². The normalized spacial score (nSPS) is 13.4. The number of pyridine rings is 1. The zero-order valence-corrected chi connectivity index (χ0v) is 56.3. The molecule has 458 valence electrons. The first-order valence-electron chi connectivity index (χ1n) is 32.1. The van der Waals surface area contributed by atoms with Gasteiger partial charge in [0.15, 0.2) is 0 Å². The van der Waals surface area contributed by atoms with E-state index >= 15 is 4.39 Å². The maximum absolute atomic E-state index is 15.2. The lowest BCUT2D eigenvalue weighted by Gasteiger charge is -2.34. The van der Waals surface area contributed by atoms with Gasteiger partial charge in [-0.3, -0.25) is 4.57 Å². The van der Waals surface area contributed by atoms with Crippen LogP contribution >= 0.6 is 0 Å². The predicted molar refractivity (Wildman–Crippen MR) is 381 cm³/mol. The monoisotopic (exact) mass is 1190 g/mol. The lowest BCUT2D eigenvalue weighted by Crippen LogP contribution is -2.25. The maximum Gasteiger partial charge on any atom is 0.137 e. The highest BCUT2D eigenvalue weighted by atomic mass is 19.1. The summed E-state index contributed by atoms with van der Waals surface area (Å²) in [5.41, 5.74) is 21.7. The number of ether oxygens (including phenoxy) is 1. The average molecular weight is 1190 g/mol. The van der Waals surface area contributed by atoms with Crippen LogP contribution in [0.2, 0.25) is 0 Å². The van der Waals surface area contributed by atoms with Crippen LogP contribution in [0.5, 0.6) is 11.5 Å². The first kappa shape index (κ1) is 61.5. The number of fused-ring (bicyclic) bond motifs is 4. The molecule has 0 amide bonds. The van der Waals surface area contributed by atoms with Crippen LogP contribution in [-0.4, -0.2) is 16.2 Å². The Bertz CT molecular complexity index is 4480. The number of hydrogen-bond acceptors (Lipinski definition) is 4. The molecular weight excluding hydrogens is 1100 g/mol. The first-order valence-corrected chi connectivity index (χ1v) is 32.1. The molecule has 0 spiro atoms. The van der Waals surface area contributed by atoms with Crippen LogP contribution in [0.3, 0.4) is 0 Å². The van der Waals surface area contributed by atoms with Crippen LogP contribution in [0, 0.1) is 5.82 Å². The molecule has 0 bridgehead atoms. The van der Waals surface area contributed by atoms with Gasteiger partial charge in [0.2, 0.25) is 0 Å². The summed E-state index contributed by atoms with van der Waals surface area (Å²) in [7, 11) is 0. The largest absolute Gasteiger partial charge is 0.457 e. The van der Waals surface area contributed by atoms with Crippen molar-refractivity contribution in [2.45, 2.75) is 157 Å². The number of aromatic nitrogens is 2. The van der Waals surface area contributed by atoms with Gasteiger partial charge in [0.25, 0.3) is 0 Å². The number of hydrogen-bond donors (Lipinski definition) is 0. The second kappa shape index (κ2) is 22.3. The van der Waals surface area contributed by atoms with E-state index in [1.807, 2.05) is 18.3 Å². The molecule has 11 aromatic rings. The lowest BCUT2D eigenvalue weighted by atomic mass is 9.71. The Labute approximate surface area is 535 Å². The summed E-state index contributed by atoms with van der Waals surface area (Å²) < 4.78 is 25.0. The summed E-state index contributed by atoms with van der Waals surface area (Å²) >= 11 is 0. The summed E-state index contributed by atoms with van der Waals surface area (Å²) in [4.78, 5) is 9.99. The number of para-hydroxylation sites is 3. The van der Waals surface area contributed by atoms with Crippen molar-refractivity contribution in [3.8, 4) is 61.8 Å². The van der Waals surface area contributed by atoms with Gasteiger partial charge in [-0.15, -0.1) is 0 Å². The molecule has 0 unspecified atom stereocenters. The van der Waals surface area contributed by atoms with Gasteiger partial charge in [-0.25, -0.2) is 9.37 Å². The molecule has 0 N–H and O–H groups in total. The third-order valence-electron chi connectivity index (χ3n) is 18.2. The molecule has 3 heterocycles. The smallest absolute Gasteiger partial charge is 0.137 e. The van der Waals surface area contributed by atoms with E-state index < -0.39 is 0 Å². The third-order valence-corrected chi connectivity index (χ3v) is 18.2. The van der Waals surface area contributed by atoms with Gasteiger partial charge in [-0.05, 0) is 178 Å². The SMILES string of the molecule is CC(C)(C)c1cc(-c2cc(-c3ccccc3)cc(-c3ccc(F)cc3)c2N2CN(c3cc(Oc4ccc5c6ccccc6n(-c6cc(C(C)(C)C)ccn6)c5c4)cc(-c4c(C(C)(C)C)cc(C(C)(C)C)cc4C(C)(C)C)c3)c3ccccc32)cc(C(C)(C)C)c1. The quantitative estimate of drug-likeness (QED) is 0.144. The minimum absolute atomic E-state index is 0.0680. The minimum Gasteiger partial charge on any atom is -0.457 e. The summed E-state index contributed by atoms with van der Waals surface area (Å²) in [6, 6.07) is 69.8. The molecule has 6 heteroatoms. The molecule has 5 nitrogen and oxygen atoms in total. The highest BCUT2D eigenvalue weighted by Crippen LogP contribution is 2.54. The van der Waals surface area contributed by atoms with Crippen molar-refractivity contribution in [1.82, 2.24) is 9.55 Å². The Kier molecular flexibility index (Phi) is 15.3. The van der Waals surface area contributed by atoms with Crippen molar-refractivity contribution in [2.75, 3.05) is 16.5 Å². The van der Waals surface area contributed by atoms with E-state index in [0.717, 1.165) is 101 Å². The van der Waals surface area contributed by atoms with Gasteiger partial charge in [-0.1, -0.05) is 228 Å². The van der Waals surface area contributed by atoms with Crippen molar-refractivity contribution in [1.29, 1.82) is 0 Å². The topological polar surface area (TPSA) is 33.5 Å². The van der Waals surface area contributed by atoms with Crippen molar-refractivity contribution in [3.63, 3.8) is 0 Å². The van der Waals surface area contributed by atoms with Crippen LogP contribution < -0.4 is 14.5 Å². The number of anilines is 4. The molecule has 12 rings (SSSR count). The second-order valence-corrected chi connectivity index (χ2v) is 31.3. The Hall–Kier alpha value is -8.74. The molecule has 90 heavy (non-hydrogen) atoms. The van der Waals surface area contributed by atoms with Gasteiger partial charge in [0, 0.05) is 45.9 Å². The number of nitrogens with zero attached hydrogens (tertiary/aromatic N) is 4. The predicted octanol–water partition coefficient (Wildman–Crippen LogP) is 23.8. The molecule has 0 fully saturated rings. The summed E-state index contributed by atoms with van der Waals surface area (Å²) in [6.07, 6.45) is 1.94. The maximum atomic E-state index is 15.2. The molecular formula is C84H89FN4O. The van der Waals surface area contributed by atoms with E-state index in [1.165, 1.54) is 38.9 Å². The zero-order valence-electron chi connectivity index (χ0n) is 56.3. The zero-order chi connectivity index (χ0) is 64.2. The fourth-order valence-electron chi connectivity index (χ4n) is 13.0. The summed E-state index contributed by atoms with van der Waals surface area (Å²) in [5.74, 6) is 2.04. The van der Waals surface area contributed by atoms with Gasteiger partial charge >= 0.3 is 0 Å². The molecule has 0 aliphatic carbocycles. The van der Waals surface area contributed by atoms with Crippen LogP contribution in [-0.2, 0) is 32.5 Å². The number of rotatable bonds is 9. The van der Waals surface area contributed by atoms with Crippen LogP contribution in [0.1, 0.15) is 158 Å². The lowest BCUT2D eigenvalue weighted by molar-refractivity contribution is 0.483. The van der Waals surface area contributed by atoms with Gasteiger partial charge < -0.3 is 14.5 Å². The van der Waals surface area contributed by atoms with E-state index in [0.29, 0.717) is 6.67 Å². The van der Waals surface area contributed by atoms with Crippen LogP contribution in [0.25, 0.3) is 72.1 Å². The molecule has 0 radical (unpaired) electrons. The van der Waals surface area contributed by atoms with E-state index in [4.69, 9.17) is 9.72 Å². The fourth-order valence-corrected chi connectivity index (χ4v) is 13.0. The molecule has 0 saturated carbocycles. The van der Waals surface area contributed by atoms with Crippen LogP contribution in [0.15, 0.2) is 200 Å². The first-order chi connectivity index (χ1) is 42.3.